The normalized spacial score (nSPS) is 10.9. The second kappa shape index (κ2) is 7.56. The Morgan fingerprint density at radius 2 is 1.77 bits per heavy atom. The molecule has 2 aromatic carbocycles. The molecule has 4 nitrogen and oxygen atoms in total. The third-order valence-corrected chi connectivity index (χ3v) is 4.09. The molecule has 0 unspecified atom stereocenters. The van der Waals surface area contributed by atoms with Gasteiger partial charge in [0.25, 0.3) is 0 Å². The molecule has 0 saturated heterocycles. The molecule has 0 aliphatic rings. The van der Waals surface area contributed by atoms with Crippen molar-refractivity contribution in [2.75, 3.05) is 0 Å². The first-order valence-electron chi connectivity index (χ1n) is 6.45. The third kappa shape index (κ3) is 4.68. The predicted octanol–water partition coefficient (Wildman–Crippen LogP) is 5.35. The largest absolute Gasteiger partial charge is 0.487 e. The molecular formula is C16H13Br2NO3. The molecule has 0 radical (unpaired) electrons. The first-order valence-corrected chi connectivity index (χ1v) is 8.03. The van der Waals surface area contributed by atoms with Crippen LogP contribution >= 0.6 is 31.9 Å². The fourth-order valence-electron chi connectivity index (χ4n) is 1.80. The Labute approximate surface area is 145 Å². The topological polar surface area (TPSA) is 52.4 Å². The second-order valence-electron chi connectivity index (χ2n) is 4.69. The van der Waals surface area contributed by atoms with Crippen molar-refractivity contribution in [1.29, 1.82) is 0 Å². The van der Waals surface area contributed by atoms with Gasteiger partial charge in [0.1, 0.15) is 12.4 Å². The van der Waals surface area contributed by atoms with Gasteiger partial charge >= 0.3 is 0 Å². The zero-order valence-corrected chi connectivity index (χ0v) is 14.9. The van der Waals surface area contributed by atoms with Crippen LogP contribution in [0.15, 0.2) is 51.5 Å². The van der Waals surface area contributed by atoms with Crippen molar-refractivity contribution in [2.24, 2.45) is 0 Å². The highest BCUT2D eigenvalue weighted by Crippen LogP contribution is 2.35. The van der Waals surface area contributed by atoms with Crippen LogP contribution < -0.4 is 4.74 Å². The van der Waals surface area contributed by atoms with E-state index in [1.165, 1.54) is 11.6 Å². The smallest absolute Gasteiger partial charge is 0.235 e. The number of aryl methyl sites for hydroxylation is 1. The number of ether oxygens (including phenoxy) is 1. The number of rotatable bonds is 5. The maximum atomic E-state index is 10.4. The summed E-state index contributed by atoms with van der Waals surface area (Å²) in [6, 6.07) is 11.7. The summed E-state index contributed by atoms with van der Waals surface area (Å²) >= 11 is 6.86. The first-order chi connectivity index (χ1) is 10.5. The van der Waals surface area contributed by atoms with Crippen LogP contribution in [0.5, 0.6) is 5.75 Å². The van der Waals surface area contributed by atoms with Crippen molar-refractivity contribution < 1.29 is 9.66 Å². The Bertz CT molecular complexity index is 689. The summed E-state index contributed by atoms with van der Waals surface area (Å²) in [4.78, 5) is 9.87. The first kappa shape index (κ1) is 16.7. The third-order valence-electron chi connectivity index (χ3n) is 2.91. The summed E-state index contributed by atoms with van der Waals surface area (Å²) < 4.78 is 7.29. The highest BCUT2D eigenvalue weighted by Gasteiger charge is 2.09. The Morgan fingerprint density at radius 1 is 1.18 bits per heavy atom. The van der Waals surface area contributed by atoms with Gasteiger partial charge in [0.05, 0.1) is 13.9 Å². The molecule has 2 rings (SSSR count). The Kier molecular flexibility index (Phi) is 5.74. The second-order valence-corrected chi connectivity index (χ2v) is 6.40. The van der Waals surface area contributed by atoms with E-state index in [9.17, 15) is 10.1 Å². The van der Waals surface area contributed by atoms with E-state index in [1.807, 2.05) is 31.2 Å². The molecule has 0 spiro atoms. The summed E-state index contributed by atoms with van der Waals surface area (Å²) in [6.45, 7) is 2.48. The maximum Gasteiger partial charge on any atom is 0.235 e. The Balaban J connectivity index is 2.14. The van der Waals surface area contributed by atoms with Gasteiger partial charge in [-0.1, -0.05) is 29.8 Å². The van der Waals surface area contributed by atoms with E-state index in [0.717, 1.165) is 20.7 Å². The molecule has 22 heavy (non-hydrogen) atoms. The van der Waals surface area contributed by atoms with Crippen LogP contribution in [-0.4, -0.2) is 4.92 Å². The van der Waals surface area contributed by atoms with Gasteiger partial charge in [-0.25, -0.2) is 0 Å². The number of hydrogen-bond acceptors (Lipinski definition) is 3. The van der Waals surface area contributed by atoms with Crippen molar-refractivity contribution in [3.8, 4) is 5.75 Å². The van der Waals surface area contributed by atoms with E-state index in [1.54, 1.807) is 12.1 Å². The maximum absolute atomic E-state index is 10.4. The van der Waals surface area contributed by atoms with Crippen LogP contribution in [0.25, 0.3) is 6.08 Å². The number of nitro groups is 1. The van der Waals surface area contributed by atoms with E-state index in [2.05, 4.69) is 31.9 Å². The van der Waals surface area contributed by atoms with Gasteiger partial charge in [0.2, 0.25) is 6.20 Å². The summed E-state index contributed by atoms with van der Waals surface area (Å²) in [7, 11) is 0. The number of halogens is 2. The van der Waals surface area contributed by atoms with E-state index in [0.29, 0.717) is 17.9 Å². The molecule has 0 saturated carbocycles. The number of benzene rings is 2. The molecular weight excluding hydrogens is 414 g/mol. The van der Waals surface area contributed by atoms with Crippen molar-refractivity contribution >= 4 is 37.9 Å². The molecule has 6 heteroatoms. The van der Waals surface area contributed by atoms with Gasteiger partial charge in [-0.15, -0.1) is 0 Å². The molecule has 0 aliphatic heterocycles. The highest BCUT2D eigenvalue weighted by atomic mass is 79.9. The van der Waals surface area contributed by atoms with Gasteiger partial charge in [-0.05, 0) is 62.0 Å². The molecule has 0 aliphatic carbocycles. The minimum atomic E-state index is -0.496. The quantitative estimate of drug-likeness (QED) is 0.478. The van der Waals surface area contributed by atoms with Crippen LogP contribution in [0.3, 0.4) is 0 Å². The monoisotopic (exact) mass is 425 g/mol. The minimum Gasteiger partial charge on any atom is -0.487 e. The number of nitrogens with zero attached hydrogens (tertiary/aromatic N) is 1. The predicted molar refractivity (Wildman–Crippen MR) is 93.4 cm³/mol. The van der Waals surface area contributed by atoms with E-state index in [-0.39, 0.29) is 0 Å². The van der Waals surface area contributed by atoms with Crippen LogP contribution in [0, 0.1) is 17.0 Å². The zero-order chi connectivity index (χ0) is 16.1. The van der Waals surface area contributed by atoms with Gasteiger partial charge in [-0.3, -0.25) is 10.1 Å². The Hall–Kier alpha value is -1.66. The summed E-state index contributed by atoms with van der Waals surface area (Å²) in [5.74, 6) is 0.666. The molecule has 2 aromatic rings. The van der Waals surface area contributed by atoms with Gasteiger partial charge in [0, 0.05) is 6.08 Å². The van der Waals surface area contributed by atoms with Crippen LogP contribution in [-0.2, 0) is 6.61 Å². The van der Waals surface area contributed by atoms with Crippen LogP contribution in [0.1, 0.15) is 16.7 Å². The standard InChI is InChI=1S/C16H13Br2NO3/c1-11-2-4-12(5-3-11)10-22-16-14(17)8-13(9-15(16)18)6-7-19(20)21/h2-9H,10H2,1H3/b7-6+. The van der Waals surface area contributed by atoms with Crippen molar-refractivity contribution in [3.63, 3.8) is 0 Å². The van der Waals surface area contributed by atoms with E-state index >= 15 is 0 Å². The minimum absolute atomic E-state index is 0.446. The molecule has 0 fully saturated rings. The molecule has 0 bridgehead atoms. The van der Waals surface area contributed by atoms with Crippen molar-refractivity contribution in [2.45, 2.75) is 13.5 Å². The molecule has 114 valence electrons. The number of hydrogen-bond donors (Lipinski definition) is 0. The van der Waals surface area contributed by atoms with Crippen LogP contribution in [0.2, 0.25) is 0 Å². The summed E-state index contributed by atoms with van der Waals surface area (Å²) in [5, 5.41) is 10.4. The van der Waals surface area contributed by atoms with Crippen LogP contribution in [0.4, 0.5) is 0 Å². The van der Waals surface area contributed by atoms with Crippen molar-refractivity contribution in [1.82, 2.24) is 0 Å². The van der Waals surface area contributed by atoms with Gasteiger partial charge < -0.3 is 4.74 Å². The molecule has 0 N–H and O–H groups in total. The molecule has 0 amide bonds. The molecule has 0 heterocycles. The zero-order valence-electron chi connectivity index (χ0n) is 11.8. The fourth-order valence-corrected chi connectivity index (χ4v) is 3.25. The fraction of sp³-hybridized carbons (Fsp3) is 0.125. The van der Waals surface area contributed by atoms with E-state index in [4.69, 9.17) is 4.74 Å². The van der Waals surface area contributed by atoms with Gasteiger partial charge in [-0.2, -0.15) is 0 Å². The SMILES string of the molecule is Cc1ccc(COc2c(Br)cc(/C=C/[N+](=O)[O-])cc2Br)cc1. The Morgan fingerprint density at radius 3 is 2.32 bits per heavy atom. The average molecular weight is 427 g/mol. The van der Waals surface area contributed by atoms with Crippen molar-refractivity contribution in [3.05, 3.63) is 78.3 Å². The average Bonchev–Trinajstić information content (AvgIpc) is 2.46. The lowest BCUT2D eigenvalue weighted by atomic mass is 10.2. The molecule has 0 aromatic heterocycles. The lowest BCUT2D eigenvalue weighted by Gasteiger charge is -2.11. The van der Waals surface area contributed by atoms with Gasteiger partial charge in [0.15, 0.2) is 0 Å². The summed E-state index contributed by atoms with van der Waals surface area (Å²) in [6.07, 6.45) is 2.33. The molecule has 0 atom stereocenters. The van der Waals surface area contributed by atoms with E-state index < -0.39 is 4.92 Å². The lowest BCUT2D eigenvalue weighted by Crippen LogP contribution is -1.97. The lowest BCUT2D eigenvalue weighted by molar-refractivity contribution is -0.400. The highest BCUT2D eigenvalue weighted by molar-refractivity contribution is 9.11. The summed E-state index contributed by atoms with van der Waals surface area (Å²) in [5.41, 5.74) is 2.98.